The molecular formula is C24H29N3O5S2. The molecule has 1 fully saturated rings. The number of aromatic nitrogens is 1. The van der Waals surface area contributed by atoms with Crippen LogP contribution in [0.15, 0.2) is 35.2 Å². The van der Waals surface area contributed by atoms with Crippen LogP contribution in [0.5, 0.6) is 17.2 Å². The maximum Gasteiger partial charge on any atom is 0.260 e. The van der Waals surface area contributed by atoms with Crippen LogP contribution in [0.2, 0.25) is 0 Å². The molecule has 1 aliphatic heterocycles. The zero-order valence-corrected chi connectivity index (χ0v) is 21.5. The molecule has 3 aromatic rings. The molecule has 0 aliphatic carbocycles. The Kier molecular flexibility index (Phi) is 8.15. The molecule has 0 N–H and O–H groups in total. The summed E-state index contributed by atoms with van der Waals surface area (Å²) in [4.78, 5) is 23.9. The first kappa shape index (κ1) is 24.6. The molecule has 0 radical (unpaired) electrons. The van der Waals surface area contributed by atoms with Gasteiger partial charge in [0.2, 0.25) is 5.75 Å². The van der Waals surface area contributed by atoms with Gasteiger partial charge in [0, 0.05) is 36.6 Å². The number of carbonyl (C=O) groups is 1. The Labute approximate surface area is 207 Å². The largest absolute Gasteiger partial charge is 0.493 e. The van der Waals surface area contributed by atoms with Crippen molar-refractivity contribution < 1.29 is 23.7 Å². The number of thioether (sulfide) groups is 1. The zero-order valence-electron chi connectivity index (χ0n) is 19.8. The van der Waals surface area contributed by atoms with Gasteiger partial charge < -0.3 is 18.9 Å². The molecule has 182 valence electrons. The minimum absolute atomic E-state index is 0.170. The monoisotopic (exact) mass is 503 g/mol. The fourth-order valence-electron chi connectivity index (χ4n) is 3.85. The van der Waals surface area contributed by atoms with Crippen molar-refractivity contribution >= 4 is 44.4 Å². The summed E-state index contributed by atoms with van der Waals surface area (Å²) in [6, 6.07) is 9.54. The molecule has 1 amide bonds. The number of morpholine rings is 1. The van der Waals surface area contributed by atoms with E-state index in [0.29, 0.717) is 47.7 Å². The van der Waals surface area contributed by atoms with E-state index < -0.39 is 0 Å². The maximum atomic E-state index is 13.8. The molecule has 2 heterocycles. The lowest BCUT2D eigenvalue weighted by molar-refractivity contribution is 0.0391. The highest BCUT2D eigenvalue weighted by atomic mass is 32.2. The normalized spacial score (nSPS) is 14.2. The topological polar surface area (TPSA) is 73.4 Å². The summed E-state index contributed by atoms with van der Waals surface area (Å²) in [6.07, 6.45) is 2.05. The van der Waals surface area contributed by atoms with E-state index in [2.05, 4.69) is 17.0 Å². The number of nitrogens with zero attached hydrogens (tertiary/aromatic N) is 3. The number of hydrogen-bond acceptors (Lipinski definition) is 9. The lowest BCUT2D eigenvalue weighted by Crippen LogP contribution is -2.43. The molecule has 0 atom stereocenters. The number of fused-ring (bicyclic) bond motifs is 1. The molecule has 0 unspecified atom stereocenters. The molecule has 1 saturated heterocycles. The number of methoxy groups -OCH3 is 3. The third-order valence-corrected chi connectivity index (χ3v) is 7.48. The fourth-order valence-corrected chi connectivity index (χ4v) is 5.39. The van der Waals surface area contributed by atoms with Gasteiger partial charge in [-0.3, -0.25) is 14.6 Å². The smallest absolute Gasteiger partial charge is 0.260 e. The van der Waals surface area contributed by atoms with Crippen LogP contribution >= 0.6 is 23.1 Å². The van der Waals surface area contributed by atoms with Crippen LogP contribution in [0.1, 0.15) is 10.4 Å². The highest BCUT2D eigenvalue weighted by Crippen LogP contribution is 2.39. The molecule has 34 heavy (non-hydrogen) atoms. The first-order valence-electron chi connectivity index (χ1n) is 10.9. The first-order valence-corrected chi connectivity index (χ1v) is 13.0. The Hall–Kier alpha value is -2.53. The van der Waals surface area contributed by atoms with Gasteiger partial charge in [-0.05, 0) is 36.6 Å². The second kappa shape index (κ2) is 11.3. The maximum absolute atomic E-state index is 13.8. The number of thiazole rings is 1. The van der Waals surface area contributed by atoms with Crippen LogP contribution in [0.3, 0.4) is 0 Å². The summed E-state index contributed by atoms with van der Waals surface area (Å²) < 4.78 is 22.9. The Balaban J connectivity index is 1.70. The highest BCUT2D eigenvalue weighted by Gasteiger charge is 2.25. The van der Waals surface area contributed by atoms with E-state index in [1.807, 2.05) is 12.3 Å². The van der Waals surface area contributed by atoms with Crippen LogP contribution in [0.25, 0.3) is 10.2 Å². The Bertz CT molecular complexity index is 1120. The SMILES string of the molecule is COc1cc(C(=O)N(CCN2CCOCC2)c2nc3ccc(SC)cc3s2)cc(OC)c1OC. The van der Waals surface area contributed by atoms with Crippen molar-refractivity contribution in [3.8, 4) is 17.2 Å². The lowest BCUT2D eigenvalue weighted by atomic mass is 10.1. The van der Waals surface area contributed by atoms with Crippen molar-refractivity contribution in [2.75, 3.05) is 71.9 Å². The lowest BCUT2D eigenvalue weighted by Gasteiger charge is -2.29. The van der Waals surface area contributed by atoms with E-state index in [9.17, 15) is 4.79 Å². The minimum atomic E-state index is -0.170. The van der Waals surface area contributed by atoms with Gasteiger partial charge in [0.15, 0.2) is 16.6 Å². The molecule has 8 nitrogen and oxygen atoms in total. The summed E-state index contributed by atoms with van der Waals surface area (Å²) in [6.45, 7) is 4.35. The molecule has 2 aromatic carbocycles. The average molecular weight is 504 g/mol. The number of amides is 1. The molecule has 10 heteroatoms. The molecule has 1 aliphatic rings. The predicted octanol–water partition coefficient (Wildman–Crippen LogP) is 4.02. The summed E-state index contributed by atoms with van der Waals surface area (Å²) in [5, 5.41) is 0.667. The van der Waals surface area contributed by atoms with Crippen molar-refractivity contribution in [3.05, 3.63) is 35.9 Å². The van der Waals surface area contributed by atoms with Crippen molar-refractivity contribution in [2.24, 2.45) is 0 Å². The van der Waals surface area contributed by atoms with Crippen LogP contribution in [-0.2, 0) is 4.74 Å². The summed E-state index contributed by atoms with van der Waals surface area (Å²) in [5.41, 5.74) is 1.33. The number of anilines is 1. The summed E-state index contributed by atoms with van der Waals surface area (Å²) >= 11 is 3.21. The van der Waals surface area contributed by atoms with E-state index in [4.69, 9.17) is 23.9 Å². The van der Waals surface area contributed by atoms with Crippen molar-refractivity contribution in [1.29, 1.82) is 0 Å². The first-order chi connectivity index (χ1) is 16.6. The zero-order chi connectivity index (χ0) is 24.1. The number of benzene rings is 2. The third kappa shape index (κ3) is 5.25. The van der Waals surface area contributed by atoms with E-state index in [-0.39, 0.29) is 5.91 Å². The summed E-state index contributed by atoms with van der Waals surface area (Å²) in [5.74, 6) is 1.15. The quantitative estimate of drug-likeness (QED) is 0.406. The predicted molar refractivity (Wildman–Crippen MR) is 136 cm³/mol. The van der Waals surface area contributed by atoms with Crippen molar-refractivity contribution in [3.63, 3.8) is 0 Å². The molecule has 1 aromatic heterocycles. The van der Waals surface area contributed by atoms with Gasteiger partial charge in [-0.25, -0.2) is 4.98 Å². The van der Waals surface area contributed by atoms with E-state index in [0.717, 1.165) is 29.9 Å². The summed E-state index contributed by atoms with van der Waals surface area (Å²) in [7, 11) is 4.62. The van der Waals surface area contributed by atoms with Crippen LogP contribution < -0.4 is 19.1 Å². The molecule has 4 rings (SSSR count). The second-order valence-electron chi connectivity index (χ2n) is 7.65. The Morgan fingerprint density at radius 3 is 2.44 bits per heavy atom. The average Bonchev–Trinajstić information content (AvgIpc) is 3.31. The third-order valence-electron chi connectivity index (χ3n) is 5.72. The Morgan fingerprint density at radius 2 is 1.82 bits per heavy atom. The molecule has 0 spiro atoms. The number of hydrogen-bond donors (Lipinski definition) is 0. The minimum Gasteiger partial charge on any atom is -0.493 e. The number of rotatable bonds is 9. The fraction of sp³-hybridized carbons (Fsp3) is 0.417. The van der Waals surface area contributed by atoms with E-state index in [1.165, 1.54) is 16.2 Å². The van der Waals surface area contributed by atoms with E-state index in [1.54, 1.807) is 50.1 Å². The van der Waals surface area contributed by atoms with Gasteiger partial charge in [-0.1, -0.05) is 11.3 Å². The van der Waals surface area contributed by atoms with Crippen LogP contribution in [-0.4, -0.2) is 82.8 Å². The van der Waals surface area contributed by atoms with Gasteiger partial charge >= 0.3 is 0 Å². The van der Waals surface area contributed by atoms with Crippen LogP contribution in [0, 0.1) is 0 Å². The van der Waals surface area contributed by atoms with Crippen LogP contribution in [0.4, 0.5) is 5.13 Å². The van der Waals surface area contributed by atoms with Gasteiger partial charge in [0.1, 0.15) is 0 Å². The van der Waals surface area contributed by atoms with Crippen molar-refractivity contribution in [2.45, 2.75) is 4.90 Å². The Morgan fingerprint density at radius 1 is 1.12 bits per heavy atom. The molecular weight excluding hydrogens is 474 g/mol. The number of carbonyl (C=O) groups excluding carboxylic acids is 1. The van der Waals surface area contributed by atoms with Gasteiger partial charge in [-0.15, -0.1) is 11.8 Å². The van der Waals surface area contributed by atoms with Gasteiger partial charge in [0.05, 0.1) is 44.8 Å². The van der Waals surface area contributed by atoms with Crippen molar-refractivity contribution in [1.82, 2.24) is 9.88 Å². The standard InChI is InChI=1S/C24H29N3O5S2/c1-29-19-13-16(14-20(30-2)22(19)31-3)23(28)27(8-7-26-9-11-32-12-10-26)24-25-18-6-5-17(33-4)15-21(18)34-24/h5-6,13-15H,7-12H2,1-4H3. The van der Waals surface area contributed by atoms with Gasteiger partial charge in [0.25, 0.3) is 5.91 Å². The second-order valence-corrected chi connectivity index (χ2v) is 9.54. The van der Waals surface area contributed by atoms with E-state index >= 15 is 0 Å². The number of ether oxygens (including phenoxy) is 4. The molecule has 0 bridgehead atoms. The molecule has 0 saturated carbocycles. The highest BCUT2D eigenvalue weighted by molar-refractivity contribution is 7.98. The van der Waals surface area contributed by atoms with Gasteiger partial charge in [-0.2, -0.15) is 0 Å².